The van der Waals surface area contributed by atoms with Crippen LogP contribution in [0, 0.1) is 0 Å². The Morgan fingerprint density at radius 3 is 2.73 bits per heavy atom. The van der Waals surface area contributed by atoms with Crippen molar-refractivity contribution in [1.82, 2.24) is 19.7 Å². The Balaban J connectivity index is 1.39. The van der Waals surface area contributed by atoms with Gasteiger partial charge in [0, 0.05) is 35.3 Å². The highest BCUT2D eigenvalue weighted by Gasteiger charge is 2.26. The van der Waals surface area contributed by atoms with Gasteiger partial charge in [-0.1, -0.05) is 59.8 Å². The van der Waals surface area contributed by atoms with Crippen LogP contribution >= 0.6 is 23.4 Å². The normalized spacial score (nSPS) is 15.0. The SMILES string of the molecule is C=CCn1c(SCc2cccc(Cl)c2)nnc1C1CCN(Cc2ccccc2OCC)CC1. The molecule has 2 heterocycles. The molecule has 174 valence electrons. The first kappa shape index (κ1) is 23.9. The van der Waals surface area contributed by atoms with E-state index in [1.54, 1.807) is 11.8 Å². The number of hydrogen-bond donors (Lipinski definition) is 0. The third-order valence-corrected chi connectivity index (χ3v) is 7.21. The average Bonchev–Trinajstić information content (AvgIpc) is 3.22. The van der Waals surface area contributed by atoms with Crippen LogP contribution in [0.1, 0.15) is 42.6 Å². The van der Waals surface area contributed by atoms with Crippen LogP contribution in [0.5, 0.6) is 5.75 Å². The van der Waals surface area contributed by atoms with Crippen LogP contribution in [-0.4, -0.2) is 39.4 Å². The Morgan fingerprint density at radius 2 is 1.97 bits per heavy atom. The second-order valence-corrected chi connectivity index (χ2v) is 9.63. The maximum atomic E-state index is 6.13. The number of piperidine rings is 1. The molecule has 1 aromatic heterocycles. The molecular weight excluding hydrogens is 452 g/mol. The molecule has 2 aromatic carbocycles. The Bertz CT molecular complexity index is 1060. The van der Waals surface area contributed by atoms with Gasteiger partial charge in [0.25, 0.3) is 0 Å². The Labute approximate surface area is 205 Å². The second kappa shape index (κ2) is 11.7. The molecule has 1 aliphatic heterocycles. The summed E-state index contributed by atoms with van der Waals surface area (Å²) in [6, 6.07) is 16.3. The fourth-order valence-corrected chi connectivity index (χ4v) is 5.42. The number of allylic oxidation sites excluding steroid dienone is 1. The Morgan fingerprint density at radius 1 is 1.15 bits per heavy atom. The molecule has 7 heteroatoms. The van der Waals surface area contributed by atoms with Crippen molar-refractivity contribution in [3.05, 3.63) is 83.2 Å². The maximum absolute atomic E-state index is 6.13. The van der Waals surface area contributed by atoms with Crippen LogP contribution in [0.4, 0.5) is 0 Å². The van der Waals surface area contributed by atoms with Gasteiger partial charge in [-0.3, -0.25) is 4.90 Å². The lowest BCUT2D eigenvalue weighted by atomic mass is 9.95. The van der Waals surface area contributed by atoms with Crippen LogP contribution in [0.3, 0.4) is 0 Å². The summed E-state index contributed by atoms with van der Waals surface area (Å²) in [5.41, 5.74) is 2.44. The van der Waals surface area contributed by atoms with Crippen molar-refractivity contribution in [2.24, 2.45) is 0 Å². The zero-order valence-corrected chi connectivity index (χ0v) is 20.7. The molecule has 1 fully saturated rings. The molecule has 33 heavy (non-hydrogen) atoms. The molecule has 0 atom stereocenters. The summed E-state index contributed by atoms with van der Waals surface area (Å²) in [5.74, 6) is 3.30. The highest BCUT2D eigenvalue weighted by atomic mass is 35.5. The van der Waals surface area contributed by atoms with E-state index < -0.39 is 0 Å². The molecule has 5 nitrogen and oxygen atoms in total. The molecule has 1 aliphatic rings. The van der Waals surface area contributed by atoms with Gasteiger partial charge in [0.05, 0.1) is 6.61 Å². The van der Waals surface area contributed by atoms with Crippen molar-refractivity contribution in [2.45, 2.75) is 49.7 Å². The second-order valence-electron chi connectivity index (χ2n) is 8.25. The number of likely N-dealkylation sites (tertiary alicyclic amines) is 1. The molecule has 1 saturated heterocycles. The first-order valence-corrected chi connectivity index (χ1v) is 12.9. The Hall–Kier alpha value is -2.28. The van der Waals surface area contributed by atoms with Gasteiger partial charge in [-0.15, -0.1) is 16.8 Å². The van der Waals surface area contributed by atoms with Gasteiger partial charge in [-0.05, 0) is 56.6 Å². The minimum absolute atomic E-state index is 0.413. The summed E-state index contributed by atoms with van der Waals surface area (Å²) in [7, 11) is 0. The number of thioether (sulfide) groups is 1. The van der Waals surface area contributed by atoms with Crippen molar-refractivity contribution < 1.29 is 4.74 Å². The Kier molecular flexibility index (Phi) is 8.48. The smallest absolute Gasteiger partial charge is 0.191 e. The van der Waals surface area contributed by atoms with Crippen molar-refractivity contribution in [2.75, 3.05) is 19.7 Å². The fourth-order valence-electron chi connectivity index (χ4n) is 4.31. The molecule has 0 radical (unpaired) electrons. The van der Waals surface area contributed by atoms with E-state index in [0.717, 1.165) is 66.5 Å². The summed E-state index contributed by atoms with van der Waals surface area (Å²) in [4.78, 5) is 2.51. The number of aromatic nitrogens is 3. The van der Waals surface area contributed by atoms with Gasteiger partial charge in [-0.2, -0.15) is 0 Å². The monoisotopic (exact) mass is 482 g/mol. The van der Waals surface area contributed by atoms with E-state index in [-0.39, 0.29) is 0 Å². The van der Waals surface area contributed by atoms with Crippen LogP contribution in [-0.2, 0) is 18.8 Å². The highest BCUT2D eigenvalue weighted by molar-refractivity contribution is 7.98. The van der Waals surface area contributed by atoms with E-state index >= 15 is 0 Å². The van der Waals surface area contributed by atoms with Crippen molar-refractivity contribution in [3.63, 3.8) is 0 Å². The maximum Gasteiger partial charge on any atom is 0.191 e. The molecule has 0 N–H and O–H groups in total. The molecular formula is C26H31ClN4OS. The van der Waals surface area contributed by atoms with E-state index in [1.165, 1.54) is 11.1 Å². The lowest BCUT2D eigenvalue weighted by Gasteiger charge is -2.32. The van der Waals surface area contributed by atoms with Gasteiger partial charge in [0.2, 0.25) is 0 Å². The largest absolute Gasteiger partial charge is 0.494 e. The number of halogens is 1. The van der Waals surface area contributed by atoms with Gasteiger partial charge in [0.1, 0.15) is 11.6 Å². The summed E-state index contributed by atoms with van der Waals surface area (Å²) in [6.07, 6.45) is 4.08. The van der Waals surface area contributed by atoms with E-state index in [0.29, 0.717) is 12.5 Å². The minimum Gasteiger partial charge on any atom is -0.494 e. The quantitative estimate of drug-likeness (QED) is 0.254. The fraction of sp³-hybridized carbons (Fsp3) is 0.385. The molecule has 3 aromatic rings. The molecule has 0 spiro atoms. The molecule has 4 rings (SSSR count). The van der Waals surface area contributed by atoms with Crippen molar-refractivity contribution in [1.29, 1.82) is 0 Å². The van der Waals surface area contributed by atoms with Crippen LogP contribution < -0.4 is 4.74 Å². The number of para-hydroxylation sites is 1. The lowest BCUT2D eigenvalue weighted by Crippen LogP contribution is -2.33. The first-order chi connectivity index (χ1) is 16.2. The van der Waals surface area contributed by atoms with E-state index in [9.17, 15) is 0 Å². The van der Waals surface area contributed by atoms with Crippen LogP contribution in [0.2, 0.25) is 5.02 Å². The highest BCUT2D eigenvalue weighted by Crippen LogP contribution is 2.32. The van der Waals surface area contributed by atoms with Gasteiger partial charge in [0.15, 0.2) is 5.16 Å². The first-order valence-electron chi connectivity index (χ1n) is 11.5. The van der Waals surface area contributed by atoms with Crippen LogP contribution in [0.25, 0.3) is 0 Å². The lowest BCUT2D eigenvalue weighted by molar-refractivity contribution is 0.197. The van der Waals surface area contributed by atoms with Gasteiger partial charge < -0.3 is 9.30 Å². The zero-order valence-electron chi connectivity index (χ0n) is 19.1. The summed E-state index contributed by atoms with van der Waals surface area (Å²) in [6.45, 7) is 10.4. The topological polar surface area (TPSA) is 43.2 Å². The molecule has 0 aliphatic carbocycles. The van der Waals surface area contributed by atoms with Crippen molar-refractivity contribution >= 4 is 23.4 Å². The predicted molar refractivity (Wildman–Crippen MR) is 136 cm³/mol. The zero-order chi connectivity index (χ0) is 23.0. The summed E-state index contributed by atoms with van der Waals surface area (Å²) < 4.78 is 8.04. The number of rotatable bonds is 10. The third-order valence-electron chi connectivity index (χ3n) is 5.93. The summed E-state index contributed by atoms with van der Waals surface area (Å²) in [5, 5.41) is 10.9. The van der Waals surface area contributed by atoms with E-state index in [1.807, 2.05) is 37.3 Å². The van der Waals surface area contributed by atoms with E-state index in [2.05, 4.69) is 50.5 Å². The molecule has 0 unspecified atom stereocenters. The third kappa shape index (κ3) is 6.19. The van der Waals surface area contributed by atoms with Crippen LogP contribution in [0.15, 0.2) is 66.3 Å². The number of benzene rings is 2. The van der Waals surface area contributed by atoms with Gasteiger partial charge >= 0.3 is 0 Å². The number of hydrogen-bond acceptors (Lipinski definition) is 5. The summed E-state index contributed by atoms with van der Waals surface area (Å²) >= 11 is 7.83. The molecule has 0 amide bonds. The minimum atomic E-state index is 0.413. The average molecular weight is 483 g/mol. The number of nitrogens with zero attached hydrogens (tertiary/aromatic N) is 4. The molecule has 0 saturated carbocycles. The van der Waals surface area contributed by atoms with Gasteiger partial charge in [-0.25, -0.2) is 0 Å². The number of ether oxygens (including phenoxy) is 1. The van der Waals surface area contributed by atoms with E-state index in [4.69, 9.17) is 16.3 Å². The van der Waals surface area contributed by atoms with Crippen molar-refractivity contribution in [3.8, 4) is 5.75 Å². The standard InChI is InChI=1S/C26H31ClN4OS/c1-3-14-31-25(28-29-26(31)33-19-20-8-7-10-23(27)17-20)21-12-15-30(16-13-21)18-22-9-5-6-11-24(22)32-4-2/h3,5-11,17,21H,1,4,12-16,18-19H2,2H3. The molecule has 0 bridgehead atoms. The predicted octanol–water partition coefficient (Wildman–Crippen LogP) is 6.19.